The van der Waals surface area contributed by atoms with Crippen LogP contribution in [-0.2, 0) is 5.41 Å². The largest absolute Gasteiger partial charge is 0.309 e. The maximum atomic E-state index is 2.56. The molecule has 2 nitrogen and oxygen atoms in total. The van der Waals surface area contributed by atoms with Crippen LogP contribution < -0.4 is 4.90 Å². The molecular weight excluding hydrogens is 761 g/mol. The zero-order valence-electron chi connectivity index (χ0n) is 36.1. The van der Waals surface area contributed by atoms with Gasteiger partial charge in [0.25, 0.3) is 0 Å². The minimum atomic E-state index is -0.139. The van der Waals surface area contributed by atoms with E-state index in [2.05, 4.69) is 224 Å². The van der Waals surface area contributed by atoms with E-state index in [1.54, 1.807) is 0 Å². The lowest BCUT2D eigenvalue weighted by Gasteiger charge is -2.30. The van der Waals surface area contributed by atoms with Crippen molar-refractivity contribution in [3.63, 3.8) is 0 Å². The Morgan fingerprint density at radius 2 is 1.11 bits per heavy atom. The van der Waals surface area contributed by atoms with E-state index in [4.69, 9.17) is 0 Å². The number of fused-ring (bicyclic) bond motifs is 7. The number of hydrogen-bond donors (Lipinski definition) is 0. The maximum absolute atomic E-state index is 2.56. The van der Waals surface area contributed by atoms with Crippen LogP contribution >= 0.6 is 0 Å². The van der Waals surface area contributed by atoms with Crippen LogP contribution in [0.4, 0.5) is 17.1 Å². The van der Waals surface area contributed by atoms with Gasteiger partial charge in [-0.25, -0.2) is 0 Å². The van der Waals surface area contributed by atoms with Gasteiger partial charge >= 0.3 is 0 Å². The molecule has 0 atom stereocenters. The lowest BCUT2D eigenvalue weighted by molar-refractivity contribution is 0.445. The molecule has 2 heteroatoms. The van der Waals surface area contributed by atoms with E-state index in [0.29, 0.717) is 5.92 Å². The lowest BCUT2D eigenvalue weighted by atomic mass is 9.79. The van der Waals surface area contributed by atoms with Gasteiger partial charge in [0.05, 0.1) is 22.4 Å². The molecule has 304 valence electrons. The Labute approximate surface area is 370 Å². The van der Waals surface area contributed by atoms with Crippen molar-refractivity contribution in [1.29, 1.82) is 0 Å². The van der Waals surface area contributed by atoms with Crippen LogP contribution in [0.25, 0.3) is 71.6 Å². The van der Waals surface area contributed by atoms with Crippen molar-refractivity contribution in [3.05, 3.63) is 217 Å². The maximum Gasteiger partial charge on any atom is 0.0562 e. The molecular formula is C61H50N2. The highest BCUT2D eigenvalue weighted by atomic mass is 15.2. The molecule has 0 amide bonds. The van der Waals surface area contributed by atoms with Crippen LogP contribution in [0.2, 0.25) is 0 Å². The Kier molecular flexibility index (Phi) is 8.97. The first kappa shape index (κ1) is 37.6. The average Bonchev–Trinajstić information content (AvgIpc) is 3.81. The number of benzene rings is 9. The first-order valence-electron chi connectivity index (χ1n) is 22.9. The molecule has 12 rings (SSSR count). The molecule has 0 spiro atoms. The third kappa shape index (κ3) is 5.99. The lowest BCUT2D eigenvalue weighted by Crippen LogP contribution is -2.16. The predicted molar refractivity (Wildman–Crippen MR) is 267 cm³/mol. The standard InChI is InChI=1S/C61H50N2/c1-61(2)53-35-12-9-28-48(53)51-34-18-32-47(60(51)61)43-24-15-27-45(40-43)63(57-39-19-38-56-59(57)52-30-11-14-37-55(52)62(56)44-25-7-4-8-26-44)54-36-13-10-29-49(54)50-33-17-23-42-22-16-31-46(58(42)50)41-20-5-3-6-21-41/h4,7-19,22-41H,3,5-6,20-21H2,1-2H3. The summed E-state index contributed by atoms with van der Waals surface area (Å²) in [7, 11) is 0. The van der Waals surface area contributed by atoms with E-state index in [9.17, 15) is 0 Å². The second-order valence-electron chi connectivity index (χ2n) is 18.2. The molecule has 2 aliphatic rings. The van der Waals surface area contributed by atoms with Crippen LogP contribution in [0.1, 0.15) is 68.6 Å². The molecule has 0 unspecified atom stereocenters. The monoisotopic (exact) mass is 810 g/mol. The van der Waals surface area contributed by atoms with E-state index < -0.39 is 0 Å². The quantitative estimate of drug-likeness (QED) is 0.156. The minimum Gasteiger partial charge on any atom is -0.309 e. The smallest absolute Gasteiger partial charge is 0.0562 e. The Hall–Kier alpha value is -7.16. The van der Waals surface area contributed by atoms with Crippen molar-refractivity contribution in [2.75, 3.05) is 4.90 Å². The first-order chi connectivity index (χ1) is 31.1. The number of rotatable bonds is 7. The fourth-order valence-electron chi connectivity index (χ4n) is 11.6. The first-order valence-corrected chi connectivity index (χ1v) is 22.9. The van der Waals surface area contributed by atoms with Crippen molar-refractivity contribution < 1.29 is 0 Å². The van der Waals surface area contributed by atoms with Gasteiger partial charge < -0.3 is 9.47 Å². The third-order valence-corrected chi connectivity index (χ3v) is 14.3. The van der Waals surface area contributed by atoms with Crippen molar-refractivity contribution in [3.8, 4) is 39.1 Å². The van der Waals surface area contributed by atoms with Crippen LogP contribution in [0.5, 0.6) is 0 Å². The molecule has 1 heterocycles. The molecule has 10 aromatic rings. The van der Waals surface area contributed by atoms with Gasteiger partial charge in [-0.05, 0) is 123 Å². The molecule has 1 aromatic heterocycles. The summed E-state index contributed by atoms with van der Waals surface area (Å²) in [6.45, 7) is 4.78. The topological polar surface area (TPSA) is 8.17 Å². The summed E-state index contributed by atoms with van der Waals surface area (Å²) in [5, 5.41) is 5.17. The fourth-order valence-corrected chi connectivity index (χ4v) is 11.6. The highest BCUT2D eigenvalue weighted by Gasteiger charge is 2.37. The summed E-state index contributed by atoms with van der Waals surface area (Å²) in [5.74, 6) is 0.574. The van der Waals surface area contributed by atoms with Gasteiger partial charge in [0, 0.05) is 33.1 Å². The second kappa shape index (κ2) is 15.0. The molecule has 9 aromatic carbocycles. The normalized spacial score (nSPS) is 14.6. The van der Waals surface area contributed by atoms with E-state index in [-0.39, 0.29) is 5.41 Å². The van der Waals surface area contributed by atoms with Crippen LogP contribution in [0.3, 0.4) is 0 Å². The highest BCUT2D eigenvalue weighted by molar-refractivity contribution is 6.17. The number of nitrogens with zero attached hydrogens (tertiary/aromatic N) is 2. The summed E-state index contributed by atoms with van der Waals surface area (Å²) in [6.07, 6.45) is 6.46. The predicted octanol–water partition coefficient (Wildman–Crippen LogP) is 17.1. The molecule has 2 aliphatic carbocycles. The molecule has 1 saturated carbocycles. The molecule has 0 aliphatic heterocycles. The van der Waals surface area contributed by atoms with Crippen LogP contribution in [-0.4, -0.2) is 4.57 Å². The summed E-state index contributed by atoms with van der Waals surface area (Å²) in [6, 6.07) is 74.9. The zero-order valence-corrected chi connectivity index (χ0v) is 36.1. The molecule has 0 N–H and O–H groups in total. The zero-order chi connectivity index (χ0) is 42.1. The number of hydrogen-bond acceptors (Lipinski definition) is 1. The Balaban J connectivity index is 1.14. The summed E-state index contributed by atoms with van der Waals surface area (Å²) < 4.78 is 2.43. The van der Waals surface area contributed by atoms with Gasteiger partial charge in [-0.15, -0.1) is 0 Å². The van der Waals surface area contributed by atoms with E-state index in [1.165, 1.54) is 115 Å². The van der Waals surface area contributed by atoms with E-state index in [1.807, 2.05) is 0 Å². The Morgan fingerprint density at radius 3 is 1.98 bits per heavy atom. The summed E-state index contributed by atoms with van der Waals surface area (Å²) in [5.41, 5.74) is 18.8. The molecule has 0 saturated heterocycles. The Morgan fingerprint density at radius 1 is 0.476 bits per heavy atom. The Bertz CT molecular complexity index is 3360. The molecule has 0 radical (unpaired) electrons. The van der Waals surface area contributed by atoms with Crippen LogP contribution in [0, 0.1) is 0 Å². The minimum absolute atomic E-state index is 0.139. The van der Waals surface area contributed by atoms with Gasteiger partial charge in [0.15, 0.2) is 0 Å². The molecule has 63 heavy (non-hydrogen) atoms. The average molecular weight is 811 g/mol. The highest BCUT2D eigenvalue weighted by Crippen LogP contribution is 2.53. The molecule has 1 fully saturated rings. The second-order valence-corrected chi connectivity index (χ2v) is 18.2. The van der Waals surface area contributed by atoms with E-state index in [0.717, 1.165) is 22.7 Å². The van der Waals surface area contributed by atoms with Crippen molar-refractivity contribution in [2.45, 2.75) is 57.3 Å². The van der Waals surface area contributed by atoms with Gasteiger partial charge in [-0.1, -0.05) is 185 Å². The van der Waals surface area contributed by atoms with Gasteiger partial charge in [0.1, 0.15) is 0 Å². The number of aromatic nitrogens is 1. The third-order valence-electron chi connectivity index (χ3n) is 14.3. The van der Waals surface area contributed by atoms with Crippen molar-refractivity contribution >= 4 is 49.6 Å². The summed E-state index contributed by atoms with van der Waals surface area (Å²) in [4.78, 5) is 2.56. The van der Waals surface area contributed by atoms with Gasteiger partial charge in [0.2, 0.25) is 0 Å². The number of anilines is 3. The SMILES string of the molecule is CC1(C)c2ccccc2-c2cccc(-c3cccc(N(c4ccccc4-c4cccc5cccc(C6CCCCC6)c45)c4cccc5c4c4ccccc4n5-c4ccccc4)c3)c21. The van der Waals surface area contributed by atoms with Gasteiger partial charge in [-0.2, -0.15) is 0 Å². The van der Waals surface area contributed by atoms with Crippen LogP contribution in [0.15, 0.2) is 200 Å². The fraction of sp³-hybridized carbons (Fsp3) is 0.148. The van der Waals surface area contributed by atoms with Gasteiger partial charge in [-0.3, -0.25) is 0 Å². The van der Waals surface area contributed by atoms with Crippen molar-refractivity contribution in [1.82, 2.24) is 4.57 Å². The van der Waals surface area contributed by atoms with Crippen molar-refractivity contribution in [2.24, 2.45) is 0 Å². The van der Waals surface area contributed by atoms with E-state index >= 15 is 0 Å². The molecule has 0 bridgehead atoms. The number of para-hydroxylation sites is 3. The summed E-state index contributed by atoms with van der Waals surface area (Å²) >= 11 is 0.